The summed E-state index contributed by atoms with van der Waals surface area (Å²) in [5.74, 6) is 0.0241. The van der Waals surface area contributed by atoms with E-state index in [2.05, 4.69) is 29.5 Å². The van der Waals surface area contributed by atoms with E-state index in [1.807, 2.05) is 12.3 Å². The van der Waals surface area contributed by atoms with Gasteiger partial charge in [0.05, 0.1) is 23.7 Å². The average Bonchev–Trinajstić information content (AvgIpc) is 2.75. The summed E-state index contributed by atoms with van der Waals surface area (Å²) in [6.07, 6.45) is 0.225. The Hall–Kier alpha value is -1.43. The standard InChI is InChI=1S/C12H19N3O2S/c1-4-13-11(17)6-14-10(16)5-9-7-18-12(15-9)8(2)3/h7-8H,4-6H2,1-3H3,(H,13,17)(H,14,16). The molecule has 0 saturated carbocycles. The highest BCUT2D eigenvalue weighted by Crippen LogP contribution is 2.19. The first-order valence-electron chi connectivity index (χ1n) is 6.00. The molecule has 100 valence electrons. The normalized spacial score (nSPS) is 10.4. The van der Waals surface area contributed by atoms with Crippen LogP contribution in [0.25, 0.3) is 0 Å². The lowest BCUT2D eigenvalue weighted by molar-refractivity contribution is -0.125. The molecule has 0 fully saturated rings. The molecule has 2 amide bonds. The maximum atomic E-state index is 11.6. The third kappa shape index (κ3) is 4.83. The molecule has 0 aliphatic rings. The van der Waals surface area contributed by atoms with Gasteiger partial charge in [-0.25, -0.2) is 4.98 Å². The van der Waals surface area contributed by atoms with Crippen molar-refractivity contribution in [2.24, 2.45) is 0 Å². The Labute approximate surface area is 111 Å². The summed E-state index contributed by atoms with van der Waals surface area (Å²) in [7, 11) is 0. The van der Waals surface area contributed by atoms with Gasteiger partial charge in [-0.2, -0.15) is 0 Å². The van der Waals surface area contributed by atoms with Crippen molar-refractivity contribution in [2.45, 2.75) is 33.1 Å². The van der Waals surface area contributed by atoms with Crippen LogP contribution in [0.4, 0.5) is 0 Å². The Morgan fingerprint density at radius 3 is 2.61 bits per heavy atom. The summed E-state index contributed by atoms with van der Waals surface area (Å²) in [4.78, 5) is 27.1. The van der Waals surface area contributed by atoms with E-state index in [0.29, 0.717) is 12.5 Å². The van der Waals surface area contributed by atoms with E-state index in [9.17, 15) is 9.59 Å². The van der Waals surface area contributed by atoms with Crippen LogP contribution in [0, 0.1) is 0 Å². The topological polar surface area (TPSA) is 71.1 Å². The number of hydrogen-bond acceptors (Lipinski definition) is 4. The Morgan fingerprint density at radius 1 is 1.33 bits per heavy atom. The molecule has 0 aliphatic heterocycles. The molecule has 1 aromatic rings. The summed E-state index contributed by atoms with van der Waals surface area (Å²) in [6.45, 7) is 6.56. The second kappa shape index (κ2) is 7.10. The molecule has 5 nitrogen and oxygen atoms in total. The Balaban J connectivity index is 2.37. The maximum absolute atomic E-state index is 11.6. The van der Waals surface area contributed by atoms with Crippen molar-refractivity contribution in [1.82, 2.24) is 15.6 Å². The van der Waals surface area contributed by atoms with Gasteiger partial charge >= 0.3 is 0 Å². The van der Waals surface area contributed by atoms with Crippen LogP contribution in [-0.2, 0) is 16.0 Å². The van der Waals surface area contributed by atoms with Crippen molar-refractivity contribution in [3.05, 3.63) is 16.1 Å². The summed E-state index contributed by atoms with van der Waals surface area (Å²) >= 11 is 1.56. The molecule has 0 aliphatic carbocycles. The quantitative estimate of drug-likeness (QED) is 0.811. The van der Waals surface area contributed by atoms with Crippen molar-refractivity contribution < 1.29 is 9.59 Å². The Bertz CT molecular complexity index is 415. The lowest BCUT2D eigenvalue weighted by Gasteiger charge is -2.04. The predicted octanol–water partition coefficient (Wildman–Crippen LogP) is 1.06. The first-order valence-corrected chi connectivity index (χ1v) is 6.88. The van der Waals surface area contributed by atoms with Crippen molar-refractivity contribution in [1.29, 1.82) is 0 Å². The monoisotopic (exact) mass is 269 g/mol. The third-order valence-electron chi connectivity index (χ3n) is 2.23. The van der Waals surface area contributed by atoms with Crippen LogP contribution in [-0.4, -0.2) is 29.9 Å². The maximum Gasteiger partial charge on any atom is 0.239 e. The molecule has 0 radical (unpaired) electrons. The van der Waals surface area contributed by atoms with Gasteiger partial charge in [0.25, 0.3) is 0 Å². The van der Waals surface area contributed by atoms with Crippen molar-refractivity contribution in [3.8, 4) is 0 Å². The van der Waals surface area contributed by atoms with E-state index in [-0.39, 0.29) is 24.8 Å². The summed E-state index contributed by atoms with van der Waals surface area (Å²) < 4.78 is 0. The molecule has 6 heteroatoms. The molecule has 1 rings (SSSR count). The number of amides is 2. The highest BCUT2D eigenvalue weighted by molar-refractivity contribution is 7.09. The van der Waals surface area contributed by atoms with Crippen molar-refractivity contribution in [3.63, 3.8) is 0 Å². The number of aromatic nitrogens is 1. The second-order valence-corrected chi connectivity index (χ2v) is 5.13. The number of nitrogens with zero attached hydrogens (tertiary/aromatic N) is 1. The van der Waals surface area contributed by atoms with Crippen LogP contribution in [0.15, 0.2) is 5.38 Å². The molecule has 0 atom stereocenters. The predicted molar refractivity (Wildman–Crippen MR) is 71.6 cm³/mol. The number of carbonyl (C=O) groups excluding carboxylic acids is 2. The molecule has 2 N–H and O–H groups in total. The smallest absolute Gasteiger partial charge is 0.239 e. The van der Waals surface area contributed by atoms with Gasteiger partial charge in [-0.1, -0.05) is 13.8 Å². The van der Waals surface area contributed by atoms with E-state index in [4.69, 9.17) is 0 Å². The summed E-state index contributed by atoms with van der Waals surface area (Å²) in [6, 6.07) is 0. The molecule has 18 heavy (non-hydrogen) atoms. The first-order chi connectivity index (χ1) is 8.52. The number of rotatable bonds is 6. The Kier molecular flexibility index (Phi) is 5.77. The summed E-state index contributed by atoms with van der Waals surface area (Å²) in [5.41, 5.74) is 0.761. The lowest BCUT2D eigenvalue weighted by Crippen LogP contribution is -2.37. The fourth-order valence-electron chi connectivity index (χ4n) is 1.33. The van der Waals surface area contributed by atoms with E-state index in [1.54, 1.807) is 11.3 Å². The van der Waals surface area contributed by atoms with Gasteiger partial charge in [-0.3, -0.25) is 9.59 Å². The first kappa shape index (κ1) is 14.6. The van der Waals surface area contributed by atoms with Gasteiger partial charge in [0.1, 0.15) is 0 Å². The zero-order valence-electron chi connectivity index (χ0n) is 10.9. The fraction of sp³-hybridized carbons (Fsp3) is 0.583. The van der Waals surface area contributed by atoms with Gasteiger partial charge in [-0.05, 0) is 6.92 Å². The molecule has 0 saturated heterocycles. The Morgan fingerprint density at radius 2 is 2.06 bits per heavy atom. The van der Waals surface area contributed by atoms with Crippen LogP contribution in [0.5, 0.6) is 0 Å². The van der Waals surface area contributed by atoms with Crippen LogP contribution in [0.2, 0.25) is 0 Å². The van der Waals surface area contributed by atoms with Gasteiger partial charge in [0, 0.05) is 17.8 Å². The minimum absolute atomic E-state index is 0.0217. The molecule has 0 bridgehead atoms. The molecule has 1 aromatic heterocycles. The molecule has 1 heterocycles. The third-order valence-corrected chi connectivity index (χ3v) is 3.42. The van der Waals surface area contributed by atoms with E-state index in [0.717, 1.165) is 10.7 Å². The average molecular weight is 269 g/mol. The molecular weight excluding hydrogens is 250 g/mol. The zero-order chi connectivity index (χ0) is 13.5. The van der Waals surface area contributed by atoms with E-state index in [1.165, 1.54) is 0 Å². The second-order valence-electron chi connectivity index (χ2n) is 4.24. The van der Waals surface area contributed by atoms with Gasteiger partial charge in [0.2, 0.25) is 11.8 Å². The molecule has 0 unspecified atom stereocenters. The van der Waals surface area contributed by atoms with Crippen molar-refractivity contribution >= 4 is 23.2 Å². The van der Waals surface area contributed by atoms with Crippen LogP contribution in [0.3, 0.4) is 0 Å². The minimum atomic E-state index is -0.179. The fourth-order valence-corrected chi connectivity index (χ4v) is 2.17. The van der Waals surface area contributed by atoms with Crippen LogP contribution < -0.4 is 10.6 Å². The molecule has 0 aromatic carbocycles. The molecular formula is C12H19N3O2S. The summed E-state index contributed by atoms with van der Waals surface area (Å²) in [5, 5.41) is 8.10. The molecule has 0 spiro atoms. The number of carbonyl (C=O) groups is 2. The number of likely N-dealkylation sites (N-methyl/N-ethyl adjacent to an activating group) is 1. The zero-order valence-corrected chi connectivity index (χ0v) is 11.8. The number of nitrogens with one attached hydrogen (secondary N) is 2. The van der Waals surface area contributed by atoms with Gasteiger partial charge in [-0.15, -0.1) is 11.3 Å². The van der Waals surface area contributed by atoms with Crippen molar-refractivity contribution in [2.75, 3.05) is 13.1 Å². The van der Waals surface area contributed by atoms with Crippen LogP contribution in [0.1, 0.15) is 37.4 Å². The van der Waals surface area contributed by atoms with Gasteiger partial charge in [0.15, 0.2) is 0 Å². The van der Waals surface area contributed by atoms with E-state index < -0.39 is 0 Å². The largest absolute Gasteiger partial charge is 0.355 e. The van der Waals surface area contributed by atoms with Crippen LogP contribution >= 0.6 is 11.3 Å². The SMILES string of the molecule is CCNC(=O)CNC(=O)Cc1csc(C(C)C)n1. The number of thiazole rings is 1. The number of hydrogen-bond donors (Lipinski definition) is 2. The van der Waals surface area contributed by atoms with Gasteiger partial charge < -0.3 is 10.6 Å². The van der Waals surface area contributed by atoms with E-state index >= 15 is 0 Å². The highest BCUT2D eigenvalue weighted by Gasteiger charge is 2.10. The minimum Gasteiger partial charge on any atom is -0.355 e. The highest BCUT2D eigenvalue weighted by atomic mass is 32.1. The lowest BCUT2D eigenvalue weighted by atomic mass is 10.2.